The van der Waals surface area contributed by atoms with Crippen LogP contribution >= 0.6 is 11.6 Å². The SMILES string of the molecule is Nc1c(Cl)cnn1Cc1coc2ccccc12. The number of hydrogen-bond donors (Lipinski definition) is 1. The van der Waals surface area contributed by atoms with E-state index in [4.69, 9.17) is 21.8 Å². The number of nitrogens with two attached hydrogens (primary N) is 1. The lowest BCUT2D eigenvalue weighted by Crippen LogP contribution is -2.05. The van der Waals surface area contributed by atoms with Gasteiger partial charge in [-0.1, -0.05) is 29.8 Å². The number of para-hydroxylation sites is 1. The van der Waals surface area contributed by atoms with Crippen molar-refractivity contribution in [2.45, 2.75) is 6.54 Å². The molecule has 0 bridgehead atoms. The molecule has 2 N–H and O–H groups in total. The van der Waals surface area contributed by atoms with E-state index in [-0.39, 0.29) is 0 Å². The van der Waals surface area contributed by atoms with Crippen LogP contribution in [0.5, 0.6) is 0 Å². The van der Waals surface area contributed by atoms with Gasteiger partial charge in [-0.25, -0.2) is 4.68 Å². The Hall–Kier alpha value is -1.94. The summed E-state index contributed by atoms with van der Waals surface area (Å²) in [6.45, 7) is 0.551. The predicted octanol–water partition coefficient (Wildman–Crippen LogP) is 2.91. The maximum Gasteiger partial charge on any atom is 0.140 e. The predicted molar refractivity (Wildman–Crippen MR) is 67.0 cm³/mol. The minimum Gasteiger partial charge on any atom is -0.464 e. The molecule has 17 heavy (non-hydrogen) atoms. The average molecular weight is 248 g/mol. The van der Waals surface area contributed by atoms with Crippen LogP contribution in [0, 0.1) is 0 Å². The first-order chi connectivity index (χ1) is 8.25. The van der Waals surface area contributed by atoms with Crippen LogP contribution < -0.4 is 5.73 Å². The molecule has 0 amide bonds. The molecule has 86 valence electrons. The summed E-state index contributed by atoms with van der Waals surface area (Å²) in [6.07, 6.45) is 3.26. The number of benzene rings is 1. The van der Waals surface area contributed by atoms with Gasteiger partial charge in [0.2, 0.25) is 0 Å². The molecule has 0 aliphatic carbocycles. The highest BCUT2D eigenvalue weighted by Gasteiger charge is 2.09. The molecule has 0 aliphatic heterocycles. The van der Waals surface area contributed by atoms with Gasteiger partial charge in [0.15, 0.2) is 0 Å². The lowest BCUT2D eigenvalue weighted by Gasteiger charge is -2.02. The standard InChI is InChI=1S/C12H10ClN3O/c13-10-5-15-16(12(10)14)6-8-7-17-11-4-2-1-3-9(8)11/h1-5,7H,6,14H2. The molecule has 2 aromatic heterocycles. The number of rotatable bonds is 2. The Balaban J connectivity index is 2.03. The number of fused-ring (bicyclic) bond motifs is 1. The fraction of sp³-hybridized carbons (Fsp3) is 0.0833. The molecule has 0 aliphatic rings. The molecule has 5 heteroatoms. The van der Waals surface area contributed by atoms with Crippen LogP contribution in [-0.4, -0.2) is 9.78 Å². The fourth-order valence-electron chi connectivity index (χ4n) is 1.81. The van der Waals surface area contributed by atoms with Gasteiger partial charge in [0.25, 0.3) is 0 Å². The van der Waals surface area contributed by atoms with E-state index in [1.807, 2.05) is 24.3 Å². The monoisotopic (exact) mass is 247 g/mol. The van der Waals surface area contributed by atoms with Crippen LogP contribution in [0.25, 0.3) is 11.0 Å². The van der Waals surface area contributed by atoms with E-state index in [1.165, 1.54) is 0 Å². The van der Waals surface area contributed by atoms with Gasteiger partial charge >= 0.3 is 0 Å². The largest absolute Gasteiger partial charge is 0.464 e. The van der Waals surface area contributed by atoms with Gasteiger partial charge in [-0.2, -0.15) is 5.10 Å². The Labute approximate surface area is 103 Å². The van der Waals surface area contributed by atoms with Crippen LogP contribution in [0.4, 0.5) is 5.82 Å². The van der Waals surface area contributed by atoms with Crippen molar-refractivity contribution in [3.05, 3.63) is 47.3 Å². The van der Waals surface area contributed by atoms with E-state index < -0.39 is 0 Å². The minimum absolute atomic E-state index is 0.469. The van der Waals surface area contributed by atoms with Gasteiger partial charge < -0.3 is 10.2 Å². The molecule has 4 nitrogen and oxygen atoms in total. The second kappa shape index (κ2) is 3.82. The molecule has 3 aromatic rings. The Morgan fingerprint density at radius 3 is 2.94 bits per heavy atom. The molecule has 0 saturated heterocycles. The highest BCUT2D eigenvalue weighted by atomic mass is 35.5. The molecule has 0 fully saturated rings. The highest BCUT2D eigenvalue weighted by Crippen LogP contribution is 2.24. The van der Waals surface area contributed by atoms with E-state index >= 15 is 0 Å². The second-order valence-corrected chi connectivity index (χ2v) is 4.20. The summed E-state index contributed by atoms with van der Waals surface area (Å²) >= 11 is 5.86. The van der Waals surface area contributed by atoms with Crippen molar-refractivity contribution in [3.63, 3.8) is 0 Å². The molecule has 0 unspecified atom stereocenters. The highest BCUT2D eigenvalue weighted by molar-refractivity contribution is 6.32. The molecule has 0 radical (unpaired) electrons. The van der Waals surface area contributed by atoms with Crippen molar-refractivity contribution in [3.8, 4) is 0 Å². The summed E-state index contributed by atoms with van der Waals surface area (Å²) in [6, 6.07) is 7.85. The minimum atomic E-state index is 0.469. The summed E-state index contributed by atoms with van der Waals surface area (Å²) in [7, 11) is 0. The van der Waals surface area contributed by atoms with Crippen molar-refractivity contribution < 1.29 is 4.42 Å². The Bertz CT molecular complexity index is 671. The van der Waals surface area contributed by atoms with Gasteiger partial charge in [0, 0.05) is 10.9 Å². The fourth-order valence-corrected chi connectivity index (χ4v) is 1.96. The summed E-state index contributed by atoms with van der Waals surface area (Å²) in [4.78, 5) is 0. The number of hydrogen-bond acceptors (Lipinski definition) is 3. The normalized spacial score (nSPS) is 11.1. The lowest BCUT2D eigenvalue weighted by atomic mass is 10.2. The van der Waals surface area contributed by atoms with E-state index in [2.05, 4.69) is 5.10 Å². The molecular formula is C12H10ClN3O. The van der Waals surface area contributed by atoms with E-state index in [0.29, 0.717) is 17.4 Å². The number of anilines is 1. The third-order valence-electron chi connectivity index (χ3n) is 2.71. The smallest absolute Gasteiger partial charge is 0.140 e. The Morgan fingerprint density at radius 2 is 2.18 bits per heavy atom. The molecule has 0 atom stereocenters. The van der Waals surface area contributed by atoms with Crippen LogP contribution in [0.2, 0.25) is 5.02 Å². The van der Waals surface area contributed by atoms with Crippen molar-refractivity contribution in [2.24, 2.45) is 0 Å². The van der Waals surface area contributed by atoms with E-state index in [1.54, 1.807) is 17.1 Å². The first-order valence-corrected chi connectivity index (χ1v) is 5.55. The summed E-state index contributed by atoms with van der Waals surface area (Å²) in [5.41, 5.74) is 7.70. The van der Waals surface area contributed by atoms with Gasteiger partial charge in [-0.3, -0.25) is 0 Å². The Kier molecular flexibility index (Phi) is 2.30. The lowest BCUT2D eigenvalue weighted by molar-refractivity contribution is 0.602. The van der Waals surface area contributed by atoms with Crippen LogP contribution in [0.3, 0.4) is 0 Å². The number of aromatic nitrogens is 2. The average Bonchev–Trinajstić information content (AvgIpc) is 2.89. The van der Waals surface area contributed by atoms with Crippen LogP contribution in [0.1, 0.15) is 5.56 Å². The van der Waals surface area contributed by atoms with Crippen molar-refractivity contribution in [1.82, 2.24) is 9.78 Å². The van der Waals surface area contributed by atoms with Gasteiger partial charge in [-0.05, 0) is 6.07 Å². The van der Waals surface area contributed by atoms with Crippen molar-refractivity contribution in [2.75, 3.05) is 5.73 Å². The maximum absolute atomic E-state index is 5.86. The van der Waals surface area contributed by atoms with Gasteiger partial charge in [0.1, 0.15) is 16.4 Å². The topological polar surface area (TPSA) is 57.0 Å². The number of halogens is 1. The molecule has 0 spiro atoms. The van der Waals surface area contributed by atoms with Gasteiger partial charge in [0.05, 0.1) is 19.0 Å². The molecule has 0 saturated carbocycles. The van der Waals surface area contributed by atoms with E-state index in [9.17, 15) is 0 Å². The zero-order valence-electron chi connectivity index (χ0n) is 8.93. The number of nitrogens with zero attached hydrogens (tertiary/aromatic N) is 2. The summed E-state index contributed by atoms with van der Waals surface area (Å²) < 4.78 is 7.11. The third-order valence-corrected chi connectivity index (χ3v) is 3.01. The maximum atomic E-state index is 5.86. The molecule has 1 aromatic carbocycles. The van der Waals surface area contributed by atoms with Gasteiger partial charge in [-0.15, -0.1) is 0 Å². The summed E-state index contributed by atoms with van der Waals surface area (Å²) in [5.74, 6) is 0.469. The Morgan fingerprint density at radius 1 is 1.35 bits per heavy atom. The number of furan rings is 1. The first-order valence-electron chi connectivity index (χ1n) is 5.17. The zero-order valence-corrected chi connectivity index (χ0v) is 9.69. The van der Waals surface area contributed by atoms with Crippen molar-refractivity contribution >= 4 is 28.4 Å². The van der Waals surface area contributed by atoms with E-state index in [0.717, 1.165) is 16.5 Å². The quantitative estimate of drug-likeness (QED) is 0.758. The second-order valence-electron chi connectivity index (χ2n) is 3.79. The van der Waals surface area contributed by atoms with Crippen LogP contribution in [0.15, 0.2) is 41.1 Å². The zero-order chi connectivity index (χ0) is 11.8. The third kappa shape index (κ3) is 1.66. The molecular weight excluding hydrogens is 238 g/mol. The van der Waals surface area contributed by atoms with Crippen molar-refractivity contribution in [1.29, 1.82) is 0 Å². The summed E-state index contributed by atoms with van der Waals surface area (Å²) in [5, 5.41) is 5.65. The molecule has 2 heterocycles. The van der Waals surface area contributed by atoms with Crippen LogP contribution in [-0.2, 0) is 6.54 Å². The first kappa shape index (κ1) is 10.2. The molecule has 3 rings (SSSR count). The number of nitrogen functional groups attached to an aromatic ring is 1.